The van der Waals surface area contributed by atoms with Gasteiger partial charge in [-0.15, -0.1) is 0 Å². The summed E-state index contributed by atoms with van der Waals surface area (Å²) in [5.41, 5.74) is 3.04. The first-order valence-electron chi connectivity index (χ1n) is 13.4. The predicted molar refractivity (Wildman–Crippen MR) is 170 cm³/mol. The summed E-state index contributed by atoms with van der Waals surface area (Å²) in [6, 6.07) is 47.2. The van der Waals surface area contributed by atoms with Gasteiger partial charge >= 0.3 is 244 Å². The zero-order chi connectivity index (χ0) is 27.8. The summed E-state index contributed by atoms with van der Waals surface area (Å²) in [7, 11) is 0. The van der Waals surface area contributed by atoms with Crippen molar-refractivity contribution in [3.8, 4) is 0 Å². The summed E-state index contributed by atoms with van der Waals surface area (Å²) in [6.07, 6.45) is 0.769. The van der Waals surface area contributed by atoms with Crippen molar-refractivity contribution in [2.24, 2.45) is 0 Å². The third kappa shape index (κ3) is 4.15. The molecule has 6 rings (SSSR count). The maximum atomic E-state index is 13.1. The van der Waals surface area contributed by atoms with Crippen LogP contribution in [0.1, 0.15) is 44.8 Å². The molecule has 1 unspecified atom stereocenters. The van der Waals surface area contributed by atoms with Crippen LogP contribution >= 0.6 is 20.8 Å². The van der Waals surface area contributed by atoms with Gasteiger partial charge < -0.3 is 0 Å². The Labute approximate surface area is 243 Å². The molecule has 40 heavy (non-hydrogen) atoms. The van der Waals surface area contributed by atoms with Crippen LogP contribution in [0.5, 0.6) is 0 Å². The second kappa shape index (κ2) is 10.3. The van der Waals surface area contributed by atoms with Crippen LogP contribution in [0.3, 0.4) is 0 Å². The van der Waals surface area contributed by atoms with Crippen molar-refractivity contribution in [3.63, 3.8) is 0 Å². The van der Waals surface area contributed by atoms with E-state index >= 15 is 0 Å². The molecular weight excluding hydrogens is 577 g/mol. The fourth-order valence-corrected chi connectivity index (χ4v) is 13.6. The number of carbonyl (C=O) groups is 2. The number of carbonyl (C=O) groups excluding carboxylic acids is 2. The number of amides is 2. The van der Waals surface area contributed by atoms with Gasteiger partial charge in [-0.25, -0.2) is 0 Å². The van der Waals surface area contributed by atoms with E-state index in [4.69, 9.17) is 0 Å². The molecule has 198 valence electrons. The van der Waals surface area contributed by atoms with Crippen molar-refractivity contribution in [1.82, 2.24) is 4.90 Å². The van der Waals surface area contributed by atoms with Crippen LogP contribution in [0.2, 0.25) is 0 Å². The number of imide groups is 1. The van der Waals surface area contributed by atoms with Crippen LogP contribution in [0, 0.1) is 0 Å². The van der Waals surface area contributed by atoms with E-state index in [1.54, 1.807) is 24.3 Å². The SMILES string of the molecule is CC(c1ccc(CP(Br)(c2ccccc2)(c2ccccc2)c2ccccc2)cc1)N1C(=O)c2ccccc2C1=O. The van der Waals surface area contributed by atoms with Crippen molar-refractivity contribution in [2.75, 3.05) is 0 Å². The Kier molecular flexibility index (Phi) is 6.78. The molecule has 1 heterocycles. The molecule has 0 radical (unpaired) electrons. The zero-order valence-corrected chi connectivity index (χ0v) is 24.6. The van der Waals surface area contributed by atoms with Gasteiger partial charge in [-0.05, 0) is 0 Å². The average Bonchev–Trinajstić information content (AvgIpc) is 3.28. The first-order valence-corrected chi connectivity index (χ1v) is 17.8. The summed E-state index contributed by atoms with van der Waals surface area (Å²) in [6.45, 7) is 1.92. The number of benzene rings is 5. The van der Waals surface area contributed by atoms with Gasteiger partial charge in [0.1, 0.15) is 0 Å². The molecule has 3 nitrogen and oxygen atoms in total. The molecule has 0 aromatic heterocycles. The van der Waals surface area contributed by atoms with Gasteiger partial charge in [0.15, 0.2) is 0 Å². The molecule has 0 bridgehead atoms. The third-order valence-electron chi connectivity index (χ3n) is 8.04. The van der Waals surface area contributed by atoms with Gasteiger partial charge in [-0.3, -0.25) is 0 Å². The topological polar surface area (TPSA) is 37.4 Å². The second-order valence-corrected chi connectivity index (χ2v) is 19.2. The first-order chi connectivity index (χ1) is 19.4. The van der Waals surface area contributed by atoms with Gasteiger partial charge in [0.25, 0.3) is 0 Å². The van der Waals surface area contributed by atoms with E-state index in [-0.39, 0.29) is 17.9 Å². The molecular formula is C35H29BrNO2P. The number of hydrogen-bond donors (Lipinski definition) is 0. The summed E-state index contributed by atoms with van der Waals surface area (Å²) in [4.78, 5) is 27.6. The molecule has 1 aliphatic heterocycles. The van der Waals surface area contributed by atoms with Crippen LogP contribution in [0.25, 0.3) is 0 Å². The molecule has 0 N–H and O–H groups in total. The van der Waals surface area contributed by atoms with Crippen LogP contribution in [0.4, 0.5) is 0 Å². The molecule has 5 aromatic rings. The van der Waals surface area contributed by atoms with E-state index in [1.165, 1.54) is 26.4 Å². The van der Waals surface area contributed by atoms with Crippen LogP contribution in [0.15, 0.2) is 140 Å². The normalized spacial score (nSPS) is 14.8. The second-order valence-electron chi connectivity index (χ2n) is 10.3. The summed E-state index contributed by atoms with van der Waals surface area (Å²) in [5.74, 6) is -0.473. The van der Waals surface area contributed by atoms with Crippen LogP contribution in [-0.4, -0.2) is 16.7 Å². The fraction of sp³-hybridized carbons (Fsp3) is 0.0857. The summed E-state index contributed by atoms with van der Waals surface area (Å²) >= 11 is 4.52. The molecule has 0 aliphatic carbocycles. The van der Waals surface area contributed by atoms with Gasteiger partial charge in [0.2, 0.25) is 0 Å². The van der Waals surface area contributed by atoms with Gasteiger partial charge in [-0.2, -0.15) is 0 Å². The van der Waals surface area contributed by atoms with E-state index in [0.717, 1.165) is 11.7 Å². The summed E-state index contributed by atoms with van der Waals surface area (Å²) in [5, 5.41) is 0.649. The maximum absolute atomic E-state index is 13.1. The fourth-order valence-electron chi connectivity index (χ4n) is 5.89. The Balaban J connectivity index is 1.42. The van der Waals surface area contributed by atoms with Crippen LogP contribution in [-0.2, 0) is 6.16 Å². The minimum absolute atomic E-state index is 0.236. The molecule has 2 amide bonds. The predicted octanol–water partition coefficient (Wildman–Crippen LogP) is 7.38. The van der Waals surface area contributed by atoms with Gasteiger partial charge in [0.05, 0.1) is 0 Å². The number of nitrogens with zero attached hydrogens (tertiary/aromatic N) is 1. The van der Waals surface area contributed by atoms with Crippen molar-refractivity contribution >= 4 is 48.5 Å². The van der Waals surface area contributed by atoms with Crippen molar-refractivity contribution in [3.05, 3.63) is 162 Å². The molecule has 0 spiro atoms. The molecule has 0 saturated heterocycles. The summed E-state index contributed by atoms with van der Waals surface area (Å²) < 4.78 is 0. The van der Waals surface area contributed by atoms with Crippen molar-refractivity contribution < 1.29 is 9.59 Å². The molecule has 0 fully saturated rings. The molecule has 0 saturated carbocycles. The van der Waals surface area contributed by atoms with E-state index in [2.05, 4.69) is 131 Å². The van der Waals surface area contributed by atoms with Gasteiger partial charge in [-0.1, -0.05) is 0 Å². The molecule has 1 aliphatic rings. The Morgan fingerprint density at radius 1 is 0.575 bits per heavy atom. The van der Waals surface area contributed by atoms with Gasteiger partial charge in [0, 0.05) is 0 Å². The minimum atomic E-state index is -3.13. The quantitative estimate of drug-likeness (QED) is 0.143. The standard InChI is InChI=1S/C35H29BrNO2P/c1-26(37-34(38)32-19-11-12-20-33(32)35(37)39)28-23-21-27(22-24-28)25-40(36,29-13-5-2-6-14-29,30-15-7-3-8-16-30)31-17-9-4-10-18-31/h2-24,26H,25H2,1H3. The number of hydrogen-bond acceptors (Lipinski definition) is 2. The van der Waals surface area contributed by atoms with E-state index < -0.39 is 5.31 Å². The van der Waals surface area contributed by atoms with E-state index in [9.17, 15) is 9.59 Å². The Bertz CT molecular complexity index is 1550. The van der Waals surface area contributed by atoms with E-state index in [1.807, 2.05) is 6.92 Å². The molecule has 5 aromatic carbocycles. The Morgan fingerprint density at radius 3 is 1.35 bits per heavy atom. The molecule has 1 atom stereocenters. The monoisotopic (exact) mass is 605 g/mol. The molecule has 5 heteroatoms. The number of fused-ring (bicyclic) bond motifs is 1. The van der Waals surface area contributed by atoms with Crippen molar-refractivity contribution in [2.45, 2.75) is 19.1 Å². The third-order valence-corrected chi connectivity index (χ3v) is 17.6. The number of halogens is 1. The zero-order valence-electron chi connectivity index (χ0n) is 22.2. The first kappa shape index (κ1) is 26.4. The Morgan fingerprint density at radius 2 is 0.950 bits per heavy atom. The Hall–Kier alpha value is -3.85. The number of rotatable bonds is 7. The average molecular weight is 607 g/mol. The van der Waals surface area contributed by atoms with Crippen molar-refractivity contribution in [1.29, 1.82) is 0 Å². The van der Waals surface area contributed by atoms with E-state index in [0.29, 0.717) is 11.1 Å². The van der Waals surface area contributed by atoms with Crippen LogP contribution < -0.4 is 15.9 Å².